The van der Waals surface area contributed by atoms with Crippen LogP contribution in [0.15, 0.2) is 18.2 Å². The van der Waals surface area contributed by atoms with Gasteiger partial charge in [0.05, 0.1) is 7.11 Å². The van der Waals surface area contributed by atoms with Crippen LogP contribution < -0.4 is 9.47 Å². The van der Waals surface area contributed by atoms with E-state index in [-0.39, 0.29) is 5.60 Å². The molecule has 0 aromatic heterocycles. The Morgan fingerprint density at radius 2 is 2.16 bits per heavy atom. The quantitative estimate of drug-likeness (QED) is 0.785. The first-order valence-corrected chi connectivity index (χ1v) is 7.39. The number of fused-ring (bicyclic) bond motifs is 4. The zero-order chi connectivity index (χ0) is 13.6. The molecule has 2 bridgehead atoms. The summed E-state index contributed by atoms with van der Waals surface area (Å²) in [6.07, 6.45) is 3.60. The molecule has 0 N–H and O–H groups in total. The van der Waals surface area contributed by atoms with E-state index in [4.69, 9.17) is 9.47 Å². The summed E-state index contributed by atoms with van der Waals surface area (Å²) in [6.45, 7) is 6.97. The molecule has 0 unspecified atom stereocenters. The van der Waals surface area contributed by atoms with Crippen LogP contribution in [0.5, 0.6) is 11.5 Å². The Hall–Kier alpha value is -1.18. The first-order valence-electron chi connectivity index (χ1n) is 7.39. The summed E-state index contributed by atoms with van der Waals surface area (Å²) in [4.78, 5) is 0. The zero-order valence-electron chi connectivity index (χ0n) is 12.4. The Balaban J connectivity index is 2.05. The molecule has 1 aliphatic heterocycles. The summed E-state index contributed by atoms with van der Waals surface area (Å²) in [6, 6.07) is 6.27. The fourth-order valence-corrected chi connectivity index (χ4v) is 3.92. The van der Waals surface area contributed by atoms with Crippen LogP contribution in [0, 0.1) is 11.8 Å². The van der Waals surface area contributed by atoms with E-state index in [0.29, 0.717) is 5.92 Å². The van der Waals surface area contributed by atoms with Crippen molar-refractivity contribution < 1.29 is 9.47 Å². The molecule has 0 radical (unpaired) electrons. The number of benzene rings is 1. The smallest absolute Gasteiger partial charge is 0.123 e. The van der Waals surface area contributed by atoms with E-state index in [2.05, 4.69) is 32.9 Å². The molecule has 2 nitrogen and oxygen atoms in total. The van der Waals surface area contributed by atoms with Crippen LogP contribution in [-0.4, -0.2) is 12.7 Å². The Morgan fingerprint density at radius 1 is 1.37 bits per heavy atom. The number of hydrogen-bond donors (Lipinski definition) is 0. The van der Waals surface area contributed by atoms with Crippen LogP contribution in [0.4, 0.5) is 0 Å². The Kier molecular flexibility index (Phi) is 2.99. The van der Waals surface area contributed by atoms with Gasteiger partial charge in [-0.15, -0.1) is 0 Å². The number of hydrogen-bond acceptors (Lipinski definition) is 2. The van der Waals surface area contributed by atoms with Crippen molar-refractivity contribution in [3.63, 3.8) is 0 Å². The molecule has 1 aliphatic carbocycles. The lowest BCUT2D eigenvalue weighted by Gasteiger charge is -2.48. The van der Waals surface area contributed by atoms with Gasteiger partial charge in [0.2, 0.25) is 0 Å². The van der Waals surface area contributed by atoms with E-state index in [1.54, 1.807) is 7.11 Å². The van der Waals surface area contributed by atoms with Gasteiger partial charge in [-0.3, -0.25) is 0 Å². The summed E-state index contributed by atoms with van der Waals surface area (Å²) < 4.78 is 11.6. The largest absolute Gasteiger partial charge is 0.497 e. The number of ether oxygens (including phenoxy) is 2. The highest BCUT2D eigenvalue weighted by Gasteiger charge is 2.45. The molecule has 0 amide bonds. The van der Waals surface area contributed by atoms with Crippen LogP contribution in [-0.2, 0) is 0 Å². The van der Waals surface area contributed by atoms with Crippen molar-refractivity contribution in [2.45, 2.75) is 51.6 Å². The van der Waals surface area contributed by atoms with Crippen molar-refractivity contribution in [1.29, 1.82) is 0 Å². The van der Waals surface area contributed by atoms with Crippen LogP contribution in [0.2, 0.25) is 0 Å². The van der Waals surface area contributed by atoms with Gasteiger partial charge < -0.3 is 9.47 Å². The number of methoxy groups -OCH3 is 1. The maximum Gasteiger partial charge on any atom is 0.123 e. The van der Waals surface area contributed by atoms with Gasteiger partial charge in [0.1, 0.15) is 17.1 Å². The topological polar surface area (TPSA) is 18.5 Å². The van der Waals surface area contributed by atoms with Crippen molar-refractivity contribution in [2.75, 3.05) is 7.11 Å². The first-order chi connectivity index (χ1) is 9.02. The van der Waals surface area contributed by atoms with Crippen molar-refractivity contribution in [1.82, 2.24) is 0 Å². The maximum absolute atomic E-state index is 6.26. The van der Waals surface area contributed by atoms with Crippen LogP contribution >= 0.6 is 0 Å². The van der Waals surface area contributed by atoms with Crippen molar-refractivity contribution in [3.8, 4) is 11.5 Å². The second kappa shape index (κ2) is 4.43. The van der Waals surface area contributed by atoms with Gasteiger partial charge in [0.25, 0.3) is 0 Å². The standard InChI is InChI=1S/C17H24O2/c1-11(2)13-7-8-17(3)10-15(13)14-9-12(18-4)5-6-16(14)19-17/h5-6,9,11,13,15H,7-8,10H2,1-4H3/t13-,15+,17+/m1/s1. The third-order valence-corrected chi connectivity index (χ3v) is 5.00. The predicted octanol–water partition coefficient (Wildman–Crippen LogP) is 4.39. The summed E-state index contributed by atoms with van der Waals surface area (Å²) in [5, 5.41) is 0. The molecule has 1 heterocycles. The minimum absolute atomic E-state index is 0.0393. The summed E-state index contributed by atoms with van der Waals surface area (Å²) in [5.74, 6) is 4.14. The van der Waals surface area contributed by atoms with Crippen molar-refractivity contribution >= 4 is 0 Å². The minimum Gasteiger partial charge on any atom is -0.497 e. The van der Waals surface area contributed by atoms with E-state index in [1.807, 2.05) is 6.07 Å². The van der Waals surface area contributed by atoms with Gasteiger partial charge in [-0.25, -0.2) is 0 Å². The molecule has 3 atom stereocenters. The Bertz CT molecular complexity index is 480. The predicted molar refractivity (Wildman–Crippen MR) is 76.9 cm³/mol. The highest BCUT2D eigenvalue weighted by molar-refractivity contribution is 5.45. The van der Waals surface area contributed by atoms with E-state index < -0.39 is 0 Å². The lowest BCUT2D eigenvalue weighted by molar-refractivity contribution is -0.00778. The molecule has 0 saturated heterocycles. The summed E-state index contributed by atoms with van der Waals surface area (Å²) >= 11 is 0. The first kappa shape index (κ1) is 12.8. The van der Waals surface area contributed by atoms with E-state index in [0.717, 1.165) is 29.8 Å². The summed E-state index contributed by atoms with van der Waals surface area (Å²) in [7, 11) is 1.73. The average Bonchev–Trinajstić information content (AvgIpc) is 2.37. The molecule has 1 saturated carbocycles. The number of rotatable bonds is 2. The fraction of sp³-hybridized carbons (Fsp3) is 0.647. The van der Waals surface area contributed by atoms with Gasteiger partial charge in [0, 0.05) is 5.56 Å². The van der Waals surface area contributed by atoms with Crippen molar-refractivity contribution in [3.05, 3.63) is 23.8 Å². The second-order valence-electron chi connectivity index (χ2n) is 6.71. The molecule has 0 spiro atoms. The van der Waals surface area contributed by atoms with E-state index in [1.165, 1.54) is 18.4 Å². The average molecular weight is 260 g/mol. The minimum atomic E-state index is 0.0393. The normalized spacial score (nSPS) is 32.7. The second-order valence-corrected chi connectivity index (χ2v) is 6.71. The Morgan fingerprint density at radius 3 is 2.84 bits per heavy atom. The molecule has 2 heteroatoms. The van der Waals surface area contributed by atoms with Crippen molar-refractivity contribution in [2.24, 2.45) is 11.8 Å². The van der Waals surface area contributed by atoms with Gasteiger partial charge >= 0.3 is 0 Å². The van der Waals surface area contributed by atoms with E-state index in [9.17, 15) is 0 Å². The molecule has 104 valence electrons. The molecule has 1 fully saturated rings. The van der Waals surface area contributed by atoms with Gasteiger partial charge in [-0.1, -0.05) is 13.8 Å². The van der Waals surface area contributed by atoms with Crippen LogP contribution in [0.25, 0.3) is 0 Å². The molecular formula is C17H24O2. The molecular weight excluding hydrogens is 236 g/mol. The van der Waals surface area contributed by atoms with Crippen LogP contribution in [0.1, 0.15) is 51.5 Å². The maximum atomic E-state index is 6.26. The van der Waals surface area contributed by atoms with Crippen LogP contribution in [0.3, 0.4) is 0 Å². The molecule has 1 aromatic rings. The molecule has 1 aromatic carbocycles. The van der Waals surface area contributed by atoms with Gasteiger partial charge in [-0.2, -0.15) is 0 Å². The molecule has 3 rings (SSSR count). The lowest BCUT2D eigenvalue weighted by atomic mass is 9.64. The lowest BCUT2D eigenvalue weighted by Crippen LogP contribution is -2.45. The van der Waals surface area contributed by atoms with Gasteiger partial charge in [-0.05, 0) is 62.1 Å². The molecule has 19 heavy (non-hydrogen) atoms. The highest BCUT2D eigenvalue weighted by atomic mass is 16.5. The highest BCUT2D eigenvalue weighted by Crippen LogP contribution is 2.53. The summed E-state index contributed by atoms with van der Waals surface area (Å²) in [5.41, 5.74) is 1.40. The SMILES string of the molecule is COc1ccc2c(c1)[C@H]1C[C@](C)(CC[C@@H]1C(C)C)O2. The zero-order valence-corrected chi connectivity index (χ0v) is 12.4. The van der Waals surface area contributed by atoms with E-state index >= 15 is 0 Å². The third-order valence-electron chi connectivity index (χ3n) is 5.00. The monoisotopic (exact) mass is 260 g/mol. The fourth-order valence-electron chi connectivity index (χ4n) is 3.92. The van der Waals surface area contributed by atoms with Gasteiger partial charge in [0.15, 0.2) is 0 Å². The Labute approximate surface area is 116 Å². The third kappa shape index (κ3) is 2.11. The molecule has 2 aliphatic rings.